The van der Waals surface area contributed by atoms with Crippen LogP contribution >= 0.6 is 12.2 Å². The van der Waals surface area contributed by atoms with E-state index in [9.17, 15) is 4.79 Å². The SMILES string of the molecule is COCCCNC(=S)N(Cc1cc2cc(OC)ccc2[nH]c1=O)CC1CCCO1. The van der Waals surface area contributed by atoms with E-state index in [4.69, 9.17) is 26.4 Å². The molecule has 0 bridgehead atoms. The predicted molar refractivity (Wildman–Crippen MR) is 118 cm³/mol. The fourth-order valence-corrected chi connectivity index (χ4v) is 3.70. The summed E-state index contributed by atoms with van der Waals surface area (Å²) in [6.07, 6.45) is 3.06. The molecule has 1 fully saturated rings. The standard InChI is InChI=1S/C21H29N3O4S/c1-26-9-4-8-22-21(29)24(14-18-5-3-10-28-18)13-16-11-15-12-17(27-2)6-7-19(15)23-20(16)25/h6-7,11-12,18H,3-5,8-10,13-14H2,1-2H3,(H,22,29)(H,23,25). The van der Waals surface area contributed by atoms with Crippen LogP contribution in [0.4, 0.5) is 0 Å². The molecule has 0 saturated carbocycles. The Morgan fingerprint density at radius 3 is 2.97 bits per heavy atom. The van der Waals surface area contributed by atoms with Crippen LogP contribution in [0.15, 0.2) is 29.1 Å². The first-order valence-corrected chi connectivity index (χ1v) is 10.3. The molecule has 3 rings (SSSR count). The molecule has 7 nitrogen and oxygen atoms in total. The van der Waals surface area contributed by atoms with Gasteiger partial charge in [-0.1, -0.05) is 0 Å². The molecule has 0 spiro atoms. The van der Waals surface area contributed by atoms with Crippen molar-refractivity contribution in [2.45, 2.75) is 31.9 Å². The lowest BCUT2D eigenvalue weighted by molar-refractivity contribution is 0.0896. The minimum atomic E-state index is -0.109. The Morgan fingerprint density at radius 2 is 2.24 bits per heavy atom. The highest BCUT2D eigenvalue weighted by atomic mass is 32.1. The van der Waals surface area contributed by atoms with E-state index < -0.39 is 0 Å². The molecule has 158 valence electrons. The summed E-state index contributed by atoms with van der Waals surface area (Å²) in [5.41, 5.74) is 1.33. The molecule has 0 amide bonds. The number of H-pyrrole nitrogens is 1. The number of hydrogen-bond acceptors (Lipinski definition) is 5. The zero-order valence-corrected chi connectivity index (χ0v) is 17.8. The van der Waals surface area contributed by atoms with Gasteiger partial charge in [0.05, 0.1) is 19.8 Å². The van der Waals surface area contributed by atoms with Gasteiger partial charge in [0, 0.05) is 49.9 Å². The summed E-state index contributed by atoms with van der Waals surface area (Å²) in [4.78, 5) is 17.6. The summed E-state index contributed by atoms with van der Waals surface area (Å²) in [5, 5.41) is 4.83. The molecule has 0 aliphatic carbocycles. The van der Waals surface area contributed by atoms with Gasteiger partial charge in [0.2, 0.25) is 0 Å². The summed E-state index contributed by atoms with van der Waals surface area (Å²) >= 11 is 5.62. The van der Waals surface area contributed by atoms with Crippen molar-refractivity contribution in [1.29, 1.82) is 0 Å². The average molecular weight is 420 g/mol. The number of pyridine rings is 1. The highest BCUT2D eigenvalue weighted by Crippen LogP contribution is 2.20. The van der Waals surface area contributed by atoms with Gasteiger partial charge in [-0.3, -0.25) is 4.79 Å². The zero-order chi connectivity index (χ0) is 20.6. The molecule has 1 aliphatic rings. The molecule has 1 saturated heterocycles. The molecule has 0 radical (unpaired) electrons. The lowest BCUT2D eigenvalue weighted by atomic mass is 10.1. The van der Waals surface area contributed by atoms with Gasteiger partial charge < -0.3 is 29.4 Å². The Labute approximate surface area is 176 Å². The first-order chi connectivity index (χ1) is 14.1. The summed E-state index contributed by atoms with van der Waals surface area (Å²) in [6, 6.07) is 7.51. The molecule has 2 aromatic rings. The zero-order valence-electron chi connectivity index (χ0n) is 17.0. The number of thiocarbonyl (C=S) groups is 1. The van der Waals surface area contributed by atoms with Crippen LogP contribution in [0.2, 0.25) is 0 Å². The highest BCUT2D eigenvalue weighted by molar-refractivity contribution is 7.80. The van der Waals surface area contributed by atoms with Crippen molar-refractivity contribution >= 4 is 28.2 Å². The van der Waals surface area contributed by atoms with Gasteiger partial charge in [0.25, 0.3) is 5.56 Å². The Hall–Kier alpha value is -2.16. The van der Waals surface area contributed by atoms with Gasteiger partial charge >= 0.3 is 0 Å². The van der Waals surface area contributed by atoms with Crippen LogP contribution < -0.4 is 15.6 Å². The minimum absolute atomic E-state index is 0.109. The molecule has 1 aromatic heterocycles. The molecule has 2 heterocycles. The van der Waals surface area contributed by atoms with Crippen LogP contribution in [-0.4, -0.2) is 61.6 Å². The maximum absolute atomic E-state index is 12.7. The smallest absolute Gasteiger partial charge is 0.253 e. The van der Waals surface area contributed by atoms with Crippen LogP contribution in [0.25, 0.3) is 10.9 Å². The van der Waals surface area contributed by atoms with Crippen molar-refractivity contribution in [2.24, 2.45) is 0 Å². The fourth-order valence-electron chi connectivity index (χ4n) is 3.46. The normalized spacial score (nSPS) is 16.1. The fraction of sp³-hybridized carbons (Fsp3) is 0.524. The monoisotopic (exact) mass is 419 g/mol. The van der Waals surface area contributed by atoms with Crippen molar-refractivity contribution in [1.82, 2.24) is 15.2 Å². The van der Waals surface area contributed by atoms with Crippen LogP contribution in [0.3, 0.4) is 0 Å². The van der Waals surface area contributed by atoms with Gasteiger partial charge in [-0.15, -0.1) is 0 Å². The number of methoxy groups -OCH3 is 2. The van der Waals surface area contributed by atoms with E-state index in [2.05, 4.69) is 10.3 Å². The third-order valence-corrected chi connectivity index (χ3v) is 5.43. The highest BCUT2D eigenvalue weighted by Gasteiger charge is 2.22. The summed E-state index contributed by atoms with van der Waals surface area (Å²) in [6.45, 7) is 3.25. The van der Waals surface area contributed by atoms with E-state index in [1.54, 1.807) is 14.2 Å². The van der Waals surface area contributed by atoms with Gasteiger partial charge in [-0.25, -0.2) is 0 Å². The number of nitrogens with zero attached hydrogens (tertiary/aromatic N) is 1. The Kier molecular flexibility index (Phi) is 7.85. The second-order valence-corrected chi connectivity index (χ2v) is 7.56. The topological polar surface area (TPSA) is 75.8 Å². The van der Waals surface area contributed by atoms with E-state index >= 15 is 0 Å². The second-order valence-electron chi connectivity index (χ2n) is 7.17. The molecule has 2 N–H and O–H groups in total. The van der Waals surface area contributed by atoms with Gasteiger partial charge in [-0.2, -0.15) is 0 Å². The first-order valence-electron chi connectivity index (χ1n) is 9.94. The van der Waals surface area contributed by atoms with Crippen molar-refractivity contribution in [3.8, 4) is 5.75 Å². The van der Waals surface area contributed by atoms with Crippen LogP contribution in [-0.2, 0) is 16.0 Å². The Balaban J connectivity index is 1.78. The number of fused-ring (bicyclic) bond motifs is 1. The third-order valence-electron chi connectivity index (χ3n) is 5.03. The van der Waals surface area contributed by atoms with Crippen molar-refractivity contribution < 1.29 is 14.2 Å². The number of aromatic amines is 1. The number of hydrogen-bond donors (Lipinski definition) is 2. The van der Waals surface area contributed by atoms with Crippen molar-refractivity contribution in [2.75, 3.05) is 40.5 Å². The number of ether oxygens (including phenoxy) is 3. The van der Waals surface area contributed by atoms with E-state index in [1.165, 1.54) is 0 Å². The maximum atomic E-state index is 12.7. The Bertz CT molecular complexity index is 880. The number of rotatable bonds is 9. The second kappa shape index (κ2) is 10.6. The van der Waals surface area contributed by atoms with Crippen LogP contribution in [0.5, 0.6) is 5.75 Å². The van der Waals surface area contributed by atoms with Crippen molar-refractivity contribution in [3.05, 3.63) is 40.2 Å². The molecule has 29 heavy (non-hydrogen) atoms. The van der Waals surface area contributed by atoms with E-state index in [0.717, 1.165) is 49.1 Å². The molecule has 1 unspecified atom stereocenters. The average Bonchev–Trinajstić information content (AvgIpc) is 3.24. The quantitative estimate of drug-likeness (QED) is 0.478. The van der Waals surface area contributed by atoms with E-state index in [0.29, 0.717) is 30.4 Å². The van der Waals surface area contributed by atoms with Crippen LogP contribution in [0.1, 0.15) is 24.8 Å². The largest absolute Gasteiger partial charge is 0.497 e. The maximum Gasteiger partial charge on any atom is 0.253 e. The number of benzene rings is 1. The number of aromatic nitrogens is 1. The molecule has 1 aromatic carbocycles. The summed E-state index contributed by atoms with van der Waals surface area (Å²) in [7, 11) is 3.31. The molecule has 1 atom stereocenters. The molecule has 8 heteroatoms. The lowest BCUT2D eigenvalue weighted by Gasteiger charge is -2.28. The molecular formula is C21H29N3O4S. The minimum Gasteiger partial charge on any atom is -0.497 e. The number of nitrogens with one attached hydrogen (secondary N) is 2. The third kappa shape index (κ3) is 5.91. The molecular weight excluding hydrogens is 390 g/mol. The summed E-state index contributed by atoms with van der Waals surface area (Å²) in [5.74, 6) is 0.752. The van der Waals surface area contributed by atoms with E-state index in [1.807, 2.05) is 29.2 Å². The predicted octanol–water partition coefficient (Wildman–Crippen LogP) is 2.43. The van der Waals surface area contributed by atoms with Crippen LogP contribution in [0, 0.1) is 0 Å². The summed E-state index contributed by atoms with van der Waals surface area (Å²) < 4.78 is 16.2. The molecule has 1 aliphatic heterocycles. The van der Waals surface area contributed by atoms with Gasteiger partial charge in [0.1, 0.15) is 5.75 Å². The Morgan fingerprint density at radius 1 is 1.38 bits per heavy atom. The van der Waals surface area contributed by atoms with Crippen molar-refractivity contribution in [3.63, 3.8) is 0 Å². The van der Waals surface area contributed by atoms with Gasteiger partial charge in [0.15, 0.2) is 5.11 Å². The van der Waals surface area contributed by atoms with E-state index in [-0.39, 0.29) is 11.7 Å². The van der Waals surface area contributed by atoms with Gasteiger partial charge in [-0.05, 0) is 55.7 Å². The first kappa shape index (κ1) is 21.5. The lowest BCUT2D eigenvalue weighted by Crippen LogP contribution is -2.44.